The number of nitriles is 1. The molecule has 0 spiro atoms. The van der Waals surface area contributed by atoms with Crippen molar-refractivity contribution in [1.82, 2.24) is 10.3 Å². The van der Waals surface area contributed by atoms with Gasteiger partial charge in [0.15, 0.2) is 0 Å². The summed E-state index contributed by atoms with van der Waals surface area (Å²) in [5.74, 6) is 0. The van der Waals surface area contributed by atoms with Crippen LogP contribution in [0.4, 0.5) is 0 Å². The number of nitrogens with one attached hydrogen (secondary N) is 1. The molecule has 0 unspecified atom stereocenters. The molecule has 1 fully saturated rings. The standard InChI is InChI=1S/C10H11N3OS/c11-6-8-2-1-4-13-10(8)15(14)9-3-5-12-7-9/h1-2,4,9,12H,3,5,7H2/t9-,15+/m0/s1. The summed E-state index contributed by atoms with van der Waals surface area (Å²) < 4.78 is 12.1. The van der Waals surface area contributed by atoms with Gasteiger partial charge in [0, 0.05) is 12.7 Å². The third-order valence-electron chi connectivity index (χ3n) is 2.40. The topological polar surface area (TPSA) is 65.8 Å². The fourth-order valence-corrected chi connectivity index (χ4v) is 3.02. The molecular formula is C10H11N3OS. The van der Waals surface area contributed by atoms with E-state index in [4.69, 9.17) is 5.26 Å². The molecule has 15 heavy (non-hydrogen) atoms. The zero-order valence-corrected chi connectivity index (χ0v) is 8.96. The molecular weight excluding hydrogens is 210 g/mol. The van der Waals surface area contributed by atoms with Crippen LogP contribution in [0.15, 0.2) is 23.4 Å². The van der Waals surface area contributed by atoms with E-state index in [0.717, 1.165) is 19.5 Å². The lowest BCUT2D eigenvalue weighted by Gasteiger charge is -2.08. The minimum atomic E-state index is -1.17. The molecule has 4 nitrogen and oxygen atoms in total. The van der Waals surface area contributed by atoms with Crippen LogP contribution in [0, 0.1) is 11.3 Å². The van der Waals surface area contributed by atoms with E-state index in [0.29, 0.717) is 10.6 Å². The molecule has 0 saturated carbocycles. The minimum Gasteiger partial charge on any atom is -0.315 e. The lowest BCUT2D eigenvalue weighted by Crippen LogP contribution is -2.20. The maximum atomic E-state index is 12.1. The van der Waals surface area contributed by atoms with Gasteiger partial charge in [0.2, 0.25) is 0 Å². The molecule has 0 aromatic carbocycles. The van der Waals surface area contributed by atoms with E-state index in [1.807, 2.05) is 6.07 Å². The smallest absolute Gasteiger partial charge is 0.145 e. The van der Waals surface area contributed by atoms with Crippen molar-refractivity contribution in [2.24, 2.45) is 0 Å². The van der Waals surface area contributed by atoms with Gasteiger partial charge >= 0.3 is 0 Å². The van der Waals surface area contributed by atoms with Crippen LogP contribution in [0.25, 0.3) is 0 Å². The second-order valence-electron chi connectivity index (χ2n) is 3.38. The van der Waals surface area contributed by atoms with Crippen LogP contribution in [0.1, 0.15) is 12.0 Å². The van der Waals surface area contributed by atoms with Crippen LogP contribution in [0.3, 0.4) is 0 Å². The molecule has 2 rings (SSSR count). The second-order valence-corrected chi connectivity index (χ2v) is 5.03. The highest BCUT2D eigenvalue weighted by Crippen LogP contribution is 2.16. The number of rotatable bonds is 2. The predicted octanol–water partition coefficient (Wildman–Crippen LogP) is 0.423. The molecule has 0 radical (unpaired) electrons. The van der Waals surface area contributed by atoms with E-state index in [1.165, 1.54) is 0 Å². The van der Waals surface area contributed by atoms with Gasteiger partial charge in [-0.05, 0) is 25.1 Å². The Hall–Kier alpha value is -1.25. The van der Waals surface area contributed by atoms with Gasteiger partial charge in [-0.25, -0.2) is 4.98 Å². The molecule has 1 aliphatic rings. The number of hydrogen-bond donors (Lipinski definition) is 1. The summed E-state index contributed by atoms with van der Waals surface area (Å²) in [6.45, 7) is 1.64. The molecule has 0 amide bonds. The normalized spacial score (nSPS) is 22.2. The number of hydrogen-bond acceptors (Lipinski definition) is 4. The van der Waals surface area contributed by atoms with E-state index in [9.17, 15) is 4.21 Å². The highest BCUT2D eigenvalue weighted by atomic mass is 32.2. The summed E-state index contributed by atoms with van der Waals surface area (Å²) in [7, 11) is -1.17. The van der Waals surface area contributed by atoms with E-state index in [2.05, 4.69) is 10.3 Å². The van der Waals surface area contributed by atoms with Crippen molar-refractivity contribution >= 4 is 10.8 Å². The monoisotopic (exact) mass is 221 g/mol. The Kier molecular flexibility index (Phi) is 3.09. The largest absolute Gasteiger partial charge is 0.315 e. The highest BCUT2D eigenvalue weighted by Gasteiger charge is 2.24. The van der Waals surface area contributed by atoms with Gasteiger partial charge in [0.1, 0.15) is 11.1 Å². The first kappa shape index (κ1) is 10.3. The van der Waals surface area contributed by atoms with Crippen LogP contribution in [0.5, 0.6) is 0 Å². The molecule has 1 aromatic rings. The van der Waals surface area contributed by atoms with E-state index < -0.39 is 10.8 Å². The predicted molar refractivity (Wildman–Crippen MR) is 56.6 cm³/mol. The third kappa shape index (κ3) is 2.06. The fraction of sp³-hybridized carbons (Fsp3) is 0.400. The van der Waals surface area contributed by atoms with Gasteiger partial charge < -0.3 is 5.32 Å². The second kappa shape index (κ2) is 4.51. The van der Waals surface area contributed by atoms with Crippen molar-refractivity contribution in [2.75, 3.05) is 13.1 Å². The molecule has 78 valence electrons. The van der Waals surface area contributed by atoms with Crippen LogP contribution < -0.4 is 5.32 Å². The van der Waals surface area contributed by atoms with E-state index >= 15 is 0 Å². The van der Waals surface area contributed by atoms with E-state index in [-0.39, 0.29) is 5.25 Å². The van der Waals surface area contributed by atoms with Gasteiger partial charge in [-0.15, -0.1) is 0 Å². The summed E-state index contributed by atoms with van der Waals surface area (Å²) in [5.41, 5.74) is 0.419. The van der Waals surface area contributed by atoms with Crippen molar-refractivity contribution in [2.45, 2.75) is 16.7 Å². The molecule has 1 aromatic heterocycles. The first-order valence-electron chi connectivity index (χ1n) is 4.79. The Bertz CT molecular complexity index is 421. The molecule has 1 N–H and O–H groups in total. The third-order valence-corrected chi connectivity index (χ3v) is 4.11. The van der Waals surface area contributed by atoms with Crippen molar-refractivity contribution in [3.8, 4) is 6.07 Å². The average Bonchev–Trinajstić information content (AvgIpc) is 2.81. The van der Waals surface area contributed by atoms with Crippen LogP contribution in [-0.4, -0.2) is 27.5 Å². The van der Waals surface area contributed by atoms with Crippen LogP contribution >= 0.6 is 0 Å². The quantitative estimate of drug-likeness (QED) is 0.786. The lowest BCUT2D eigenvalue weighted by atomic mass is 10.3. The maximum absolute atomic E-state index is 12.1. The fourth-order valence-electron chi connectivity index (χ4n) is 1.60. The Morgan fingerprint density at radius 3 is 3.20 bits per heavy atom. The van der Waals surface area contributed by atoms with Gasteiger partial charge in [-0.1, -0.05) is 0 Å². The van der Waals surface area contributed by atoms with Crippen molar-refractivity contribution in [1.29, 1.82) is 5.26 Å². The van der Waals surface area contributed by atoms with Crippen LogP contribution in [0.2, 0.25) is 0 Å². The zero-order valence-electron chi connectivity index (χ0n) is 8.14. The summed E-state index contributed by atoms with van der Waals surface area (Å²) in [6.07, 6.45) is 2.46. The minimum absolute atomic E-state index is 0.0898. The molecule has 1 saturated heterocycles. The van der Waals surface area contributed by atoms with Crippen molar-refractivity contribution < 1.29 is 4.21 Å². The molecule has 5 heteroatoms. The molecule has 2 heterocycles. The van der Waals surface area contributed by atoms with Gasteiger partial charge in [-0.3, -0.25) is 4.21 Å². The van der Waals surface area contributed by atoms with Crippen LogP contribution in [-0.2, 0) is 10.8 Å². The highest BCUT2D eigenvalue weighted by molar-refractivity contribution is 7.85. The van der Waals surface area contributed by atoms with E-state index in [1.54, 1.807) is 18.3 Å². The molecule has 1 aliphatic heterocycles. The number of nitrogens with zero attached hydrogens (tertiary/aromatic N) is 2. The first-order valence-corrected chi connectivity index (χ1v) is 6.00. The number of aromatic nitrogens is 1. The van der Waals surface area contributed by atoms with Crippen molar-refractivity contribution in [3.63, 3.8) is 0 Å². The summed E-state index contributed by atoms with van der Waals surface area (Å²) >= 11 is 0. The Morgan fingerprint density at radius 2 is 2.53 bits per heavy atom. The molecule has 0 aliphatic carbocycles. The van der Waals surface area contributed by atoms with Gasteiger partial charge in [0.05, 0.1) is 21.6 Å². The number of pyridine rings is 1. The zero-order chi connectivity index (χ0) is 10.7. The Balaban J connectivity index is 2.29. The summed E-state index contributed by atoms with van der Waals surface area (Å²) in [5, 5.41) is 12.5. The molecule has 0 bridgehead atoms. The average molecular weight is 221 g/mol. The lowest BCUT2D eigenvalue weighted by molar-refractivity contribution is 0.669. The SMILES string of the molecule is N#Cc1cccnc1[S@](=O)[C@H]1CCNC1. The maximum Gasteiger partial charge on any atom is 0.145 e. The van der Waals surface area contributed by atoms with Gasteiger partial charge in [-0.2, -0.15) is 5.26 Å². The van der Waals surface area contributed by atoms with Gasteiger partial charge in [0.25, 0.3) is 0 Å². The summed E-state index contributed by atoms with van der Waals surface area (Å²) in [6, 6.07) is 5.37. The Labute approximate surface area is 90.8 Å². The van der Waals surface area contributed by atoms with Crippen molar-refractivity contribution in [3.05, 3.63) is 23.9 Å². The molecule has 2 atom stereocenters. The first-order chi connectivity index (χ1) is 7.33. The Morgan fingerprint density at radius 1 is 1.67 bits per heavy atom. The summed E-state index contributed by atoms with van der Waals surface area (Å²) in [4.78, 5) is 4.04.